The average molecular weight is 492 g/mol. The Labute approximate surface area is 182 Å². The molecule has 148 valence electrons. The predicted molar refractivity (Wildman–Crippen MR) is 121 cm³/mol. The van der Waals surface area contributed by atoms with Crippen LogP contribution in [0.15, 0.2) is 76.5 Å². The maximum absolute atomic E-state index is 5.90. The lowest BCUT2D eigenvalue weighted by atomic mass is 10.2. The lowest BCUT2D eigenvalue weighted by Crippen LogP contribution is -2.36. The number of hydrogen-bond donors (Lipinski definition) is 2. The van der Waals surface area contributed by atoms with Crippen LogP contribution in [-0.4, -0.2) is 17.5 Å². The van der Waals surface area contributed by atoms with Gasteiger partial charge in [-0.25, -0.2) is 9.98 Å². The second kappa shape index (κ2) is 12.0. The van der Waals surface area contributed by atoms with E-state index in [9.17, 15) is 0 Å². The summed E-state index contributed by atoms with van der Waals surface area (Å²) < 4.78 is 11.2. The summed E-state index contributed by atoms with van der Waals surface area (Å²) in [7, 11) is 0. The number of guanidine groups is 1. The van der Waals surface area contributed by atoms with E-state index in [2.05, 4.69) is 20.6 Å². The summed E-state index contributed by atoms with van der Waals surface area (Å²) in [4.78, 5) is 8.99. The molecule has 0 aliphatic rings. The van der Waals surface area contributed by atoms with Crippen LogP contribution in [0.4, 0.5) is 0 Å². The fourth-order valence-electron chi connectivity index (χ4n) is 2.49. The summed E-state index contributed by atoms with van der Waals surface area (Å²) in [6.45, 7) is 4.32. The van der Waals surface area contributed by atoms with Crippen molar-refractivity contribution >= 4 is 29.9 Å². The van der Waals surface area contributed by atoms with E-state index in [1.807, 2.05) is 61.5 Å². The summed E-state index contributed by atoms with van der Waals surface area (Å²) in [5, 5.41) is 6.48. The molecule has 3 rings (SSSR count). The first-order chi connectivity index (χ1) is 13.3. The topological polar surface area (TPSA) is 71.7 Å². The van der Waals surface area contributed by atoms with Crippen molar-refractivity contribution < 1.29 is 9.15 Å². The van der Waals surface area contributed by atoms with Gasteiger partial charge in [-0.3, -0.25) is 0 Å². The molecule has 0 aliphatic carbocycles. The second-order valence-electron chi connectivity index (χ2n) is 5.87. The predicted octanol–water partition coefficient (Wildman–Crippen LogP) is 4.13. The summed E-state index contributed by atoms with van der Waals surface area (Å²) >= 11 is 0. The van der Waals surface area contributed by atoms with Crippen molar-refractivity contribution in [3.63, 3.8) is 0 Å². The van der Waals surface area contributed by atoms with Crippen molar-refractivity contribution in [1.82, 2.24) is 15.6 Å². The third-order valence-electron chi connectivity index (χ3n) is 3.83. The van der Waals surface area contributed by atoms with E-state index in [1.54, 1.807) is 12.5 Å². The third kappa shape index (κ3) is 6.88. The van der Waals surface area contributed by atoms with Crippen LogP contribution in [0, 0.1) is 0 Å². The molecular weight excluding hydrogens is 467 g/mol. The molecule has 2 N–H and O–H groups in total. The van der Waals surface area contributed by atoms with Gasteiger partial charge < -0.3 is 19.8 Å². The number of ether oxygens (including phenoxy) is 1. The number of nitrogens with one attached hydrogen (secondary N) is 2. The highest BCUT2D eigenvalue weighted by molar-refractivity contribution is 14.0. The molecule has 0 saturated heterocycles. The normalized spacial score (nSPS) is 10.8. The minimum Gasteiger partial charge on any atom is -0.473 e. The molecule has 0 amide bonds. The van der Waals surface area contributed by atoms with Gasteiger partial charge in [-0.15, -0.1) is 24.0 Å². The number of pyridine rings is 1. The van der Waals surface area contributed by atoms with Crippen LogP contribution in [0.2, 0.25) is 0 Å². The van der Waals surface area contributed by atoms with E-state index in [-0.39, 0.29) is 24.0 Å². The highest BCUT2D eigenvalue weighted by Gasteiger charge is 2.06. The minimum absolute atomic E-state index is 0. The highest BCUT2D eigenvalue weighted by atomic mass is 127. The second-order valence-corrected chi connectivity index (χ2v) is 5.87. The van der Waals surface area contributed by atoms with E-state index in [0.29, 0.717) is 31.5 Å². The Morgan fingerprint density at radius 2 is 1.93 bits per heavy atom. The van der Waals surface area contributed by atoms with Gasteiger partial charge in [0.25, 0.3) is 0 Å². The van der Waals surface area contributed by atoms with Gasteiger partial charge in [0.05, 0.1) is 19.4 Å². The number of halogens is 1. The molecule has 0 fully saturated rings. The van der Waals surface area contributed by atoms with Gasteiger partial charge in [0, 0.05) is 18.3 Å². The molecule has 1 aromatic carbocycles. The van der Waals surface area contributed by atoms with Gasteiger partial charge in [-0.1, -0.05) is 36.4 Å². The van der Waals surface area contributed by atoms with E-state index in [0.717, 1.165) is 23.4 Å². The zero-order chi connectivity index (χ0) is 18.7. The van der Waals surface area contributed by atoms with Crippen LogP contribution in [-0.2, 0) is 19.7 Å². The molecule has 0 unspecified atom stereocenters. The molecule has 28 heavy (non-hydrogen) atoms. The van der Waals surface area contributed by atoms with Crippen molar-refractivity contribution in [2.24, 2.45) is 4.99 Å². The van der Waals surface area contributed by atoms with Crippen LogP contribution in [0.25, 0.3) is 0 Å². The van der Waals surface area contributed by atoms with Gasteiger partial charge in [-0.05, 0) is 30.7 Å². The number of nitrogens with zero attached hydrogens (tertiary/aromatic N) is 2. The van der Waals surface area contributed by atoms with Gasteiger partial charge >= 0.3 is 0 Å². The van der Waals surface area contributed by atoms with Crippen molar-refractivity contribution in [2.45, 2.75) is 26.6 Å². The van der Waals surface area contributed by atoms with Gasteiger partial charge in [-0.2, -0.15) is 0 Å². The number of rotatable bonds is 8. The van der Waals surface area contributed by atoms with E-state index < -0.39 is 0 Å². The highest BCUT2D eigenvalue weighted by Crippen LogP contribution is 2.17. The zero-order valence-corrected chi connectivity index (χ0v) is 18.1. The maximum atomic E-state index is 5.90. The Bertz CT molecular complexity index is 839. The fourth-order valence-corrected chi connectivity index (χ4v) is 2.49. The SMILES string of the molecule is CCNC(=NCc1cccnc1OCc1ccccc1)NCc1ccco1.I. The third-order valence-corrected chi connectivity index (χ3v) is 3.83. The minimum atomic E-state index is 0. The first kappa shape index (κ1) is 21.7. The summed E-state index contributed by atoms with van der Waals surface area (Å²) in [5.41, 5.74) is 2.04. The number of furan rings is 1. The molecule has 2 aromatic heterocycles. The van der Waals surface area contributed by atoms with Gasteiger partial charge in [0.2, 0.25) is 5.88 Å². The standard InChI is InChI=1S/C21H24N4O2.HI/c1-2-22-21(25-15-19-11-7-13-26-19)24-14-18-10-6-12-23-20(18)27-16-17-8-4-3-5-9-17;/h3-13H,2,14-16H2,1H3,(H2,22,24,25);1H. The molecule has 7 heteroatoms. The summed E-state index contributed by atoms with van der Waals surface area (Å²) in [6, 6.07) is 17.7. The van der Waals surface area contributed by atoms with E-state index in [4.69, 9.17) is 9.15 Å². The molecule has 0 aliphatic heterocycles. The zero-order valence-electron chi connectivity index (χ0n) is 15.8. The summed E-state index contributed by atoms with van der Waals surface area (Å²) in [6.07, 6.45) is 3.39. The van der Waals surface area contributed by atoms with Crippen LogP contribution in [0.1, 0.15) is 23.8 Å². The van der Waals surface area contributed by atoms with Crippen molar-refractivity contribution in [1.29, 1.82) is 0 Å². The van der Waals surface area contributed by atoms with Crippen LogP contribution >= 0.6 is 24.0 Å². The number of benzene rings is 1. The molecule has 2 heterocycles. The molecule has 0 atom stereocenters. The van der Waals surface area contributed by atoms with Crippen molar-refractivity contribution in [3.8, 4) is 5.88 Å². The Morgan fingerprint density at radius 3 is 2.68 bits per heavy atom. The fraction of sp³-hybridized carbons (Fsp3) is 0.238. The Kier molecular flexibility index (Phi) is 9.33. The van der Waals surface area contributed by atoms with Gasteiger partial charge in [0.15, 0.2) is 5.96 Å². The molecule has 0 radical (unpaired) electrons. The molecular formula is C21H25IN4O2. The lowest BCUT2D eigenvalue weighted by molar-refractivity contribution is 0.290. The summed E-state index contributed by atoms with van der Waals surface area (Å²) in [5.74, 6) is 2.17. The van der Waals surface area contributed by atoms with Crippen LogP contribution in [0.5, 0.6) is 5.88 Å². The van der Waals surface area contributed by atoms with Crippen molar-refractivity contribution in [2.75, 3.05) is 6.54 Å². The Morgan fingerprint density at radius 1 is 1.07 bits per heavy atom. The lowest BCUT2D eigenvalue weighted by Gasteiger charge is -2.12. The number of aliphatic imine (C=N–C) groups is 1. The largest absolute Gasteiger partial charge is 0.473 e. The van der Waals surface area contributed by atoms with Gasteiger partial charge in [0.1, 0.15) is 12.4 Å². The molecule has 0 saturated carbocycles. The van der Waals surface area contributed by atoms with E-state index in [1.165, 1.54) is 0 Å². The average Bonchev–Trinajstić information content (AvgIpc) is 3.23. The Hall–Kier alpha value is -2.55. The maximum Gasteiger partial charge on any atom is 0.218 e. The van der Waals surface area contributed by atoms with Crippen molar-refractivity contribution in [3.05, 3.63) is 83.9 Å². The first-order valence-corrected chi connectivity index (χ1v) is 9.00. The molecule has 6 nitrogen and oxygen atoms in total. The quantitative estimate of drug-likeness (QED) is 0.281. The smallest absolute Gasteiger partial charge is 0.218 e. The monoisotopic (exact) mass is 492 g/mol. The van der Waals surface area contributed by atoms with Crippen LogP contribution in [0.3, 0.4) is 0 Å². The van der Waals surface area contributed by atoms with Crippen LogP contribution < -0.4 is 15.4 Å². The first-order valence-electron chi connectivity index (χ1n) is 9.00. The molecule has 3 aromatic rings. The number of aromatic nitrogens is 1. The van der Waals surface area contributed by atoms with E-state index >= 15 is 0 Å². The molecule has 0 spiro atoms. The molecule has 0 bridgehead atoms. The Balaban J connectivity index is 0.00000280. The number of hydrogen-bond acceptors (Lipinski definition) is 4.